The van der Waals surface area contributed by atoms with Crippen LogP contribution in [0.2, 0.25) is 0 Å². The van der Waals surface area contributed by atoms with Crippen LogP contribution < -0.4 is 0 Å². The molecular weight excluding hydrogens is 310 g/mol. The molecule has 3 heterocycles. The molecule has 23 heavy (non-hydrogen) atoms. The number of aromatic nitrogens is 2. The van der Waals surface area contributed by atoms with E-state index in [4.69, 9.17) is 4.52 Å². The zero-order chi connectivity index (χ0) is 16.4. The minimum absolute atomic E-state index is 0.134. The Morgan fingerprint density at radius 1 is 1.48 bits per heavy atom. The molecule has 0 aromatic carbocycles. The third-order valence-corrected chi connectivity index (χ3v) is 4.89. The van der Waals surface area contributed by atoms with E-state index < -0.39 is 0 Å². The second-order valence-corrected chi connectivity index (χ2v) is 7.84. The molecule has 5 nitrogen and oxygen atoms in total. The average molecular weight is 333 g/mol. The van der Waals surface area contributed by atoms with Crippen LogP contribution in [0.5, 0.6) is 0 Å². The van der Waals surface area contributed by atoms with Crippen molar-refractivity contribution in [3.05, 3.63) is 34.1 Å². The van der Waals surface area contributed by atoms with Crippen LogP contribution in [0.3, 0.4) is 0 Å². The van der Waals surface area contributed by atoms with E-state index in [0.717, 1.165) is 19.4 Å². The highest BCUT2D eigenvalue weighted by Crippen LogP contribution is 2.33. The highest BCUT2D eigenvalue weighted by atomic mass is 32.1. The van der Waals surface area contributed by atoms with Gasteiger partial charge in [0.05, 0.1) is 6.04 Å². The molecule has 0 unspecified atom stereocenters. The Bertz CT molecular complexity index is 658. The molecule has 2 aromatic heterocycles. The predicted molar refractivity (Wildman–Crippen MR) is 89.3 cm³/mol. The van der Waals surface area contributed by atoms with Crippen molar-refractivity contribution in [2.45, 2.75) is 57.9 Å². The molecule has 0 radical (unpaired) electrons. The third kappa shape index (κ3) is 3.63. The largest absolute Gasteiger partial charge is 0.339 e. The maximum atomic E-state index is 12.6. The van der Waals surface area contributed by atoms with Gasteiger partial charge in [0, 0.05) is 24.8 Å². The smallest absolute Gasteiger partial charge is 0.227 e. The first-order valence-electron chi connectivity index (χ1n) is 8.10. The first kappa shape index (κ1) is 16.2. The van der Waals surface area contributed by atoms with Crippen molar-refractivity contribution < 1.29 is 9.32 Å². The van der Waals surface area contributed by atoms with Crippen molar-refractivity contribution in [2.75, 3.05) is 6.54 Å². The fourth-order valence-corrected chi connectivity index (χ4v) is 3.60. The highest BCUT2D eigenvalue weighted by molar-refractivity contribution is 7.07. The zero-order valence-corrected chi connectivity index (χ0v) is 14.7. The summed E-state index contributed by atoms with van der Waals surface area (Å²) in [7, 11) is 0. The number of carbonyl (C=O) groups excluding carboxylic acids is 1. The van der Waals surface area contributed by atoms with Gasteiger partial charge in [0.15, 0.2) is 5.82 Å². The van der Waals surface area contributed by atoms with Gasteiger partial charge in [-0.2, -0.15) is 16.3 Å². The lowest BCUT2D eigenvalue weighted by Crippen LogP contribution is -2.30. The van der Waals surface area contributed by atoms with Crippen LogP contribution >= 0.6 is 11.3 Å². The molecule has 1 fully saturated rings. The summed E-state index contributed by atoms with van der Waals surface area (Å²) in [4.78, 5) is 19.0. The van der Waals surface area contributed by atoms with Crippen LogP contribution in [0.15, 0.2) is 21.3 Å². The molecule has 1 atom stereocenters. The van der Waals surface area contributed by atoms with E-state index in [-0.39, 0.29) is 17.4 Å². The molecule has 6 heteroatoms. The summed E-state index contributed by atoms with van der Waals surface area (Å²) in [6.07, 6.45) is 3.05. The molecule has 124 valence electrons. The van der Waals surface area contributed by atoms with Crippen molar-refractivity contribution in [3.8, 4) is 0 Å². The molecular formula is C17H23N3O2S. The van der Waals surface area contributed by atoms with Crippen LogP contribution in [0.1, 0.15) is 63.4 Å². The van der Waals surface area contributed by atoms with Gasteiger partial charge < -0.3 is 9.42 Å². The summed E-state index contributed by atoms with van der Waals surface area (Å²) in [5.74, 6) is 1.42. The minimum atomic E-state index is -0.134. The first-order valence-corrected chi connectivity index (χ1v) is 9.04. The van der Waals surface area contributed by atoms with Gasteiger partial charge >= 0.3 is 0 Å². The van der Waals surface area contributed by atoms with Crippen molar-refractivity contribution >= 4 is 17.2 Å². The van der Waals surface area contributed by atoms with E-state index in [2.05, 4.69) is 27.0 Å². The topological polar surface area (TPSA) is 59.2 Å². The second kappa shape index (κ2) is 6.43. The number of hydrogen-bond acceptors (Lipinski definition) is 5. The van der Waals surface area contributed by atoms with E-state index in [1.54, 1.807) is 11.3 Å². The van der Waals surface area contributed by atoms with E-state index in [0.29, 0.717) is 24.6 Å². The Kier molecular flexibility index (Phi) is 4.53. The molecule has 0 bridgehead atoms. The van der Waals surface area contributed by atoms with Gasteiger partial charge in [-0.05, 0) is 35.2 Å². The zero-order valence-electron chi connectivity index (χ0n) is 13.9. The summed E-state index contributed by atoms with van der Waals surface area (Å²) in [6.45, 7) is 6.98. The van der Waals surface area contributed by atoms with Crippen LogP contribution in [-0.4, -0.2) is 27.5 Å². The summed E-state index contributed by atoms with van der Waals surface area (Å²) in [6, 6.07) is 2.36. The summed E-state index contributed by atoms with van der Waals surface area (Å²) >= 11 is 1.68. The van der Waals surface area contributed by atoms with E-state index in [1.165, 1.54) is 5.56 Å². The third-order valence-electron chi connectivity index (χ3n) is 4.19. The lowest BCUT2D eigenvalue weighted by molar-refractivity contribution is -0.132. The molecule has 1 saturated heterocycles. The molecule has 3 rings (SSSR count). The Labute approximate surface area is 140 Å². The number of hydrogen-bond donors (Lipinski definition) is 0. The Balaban J connectivity index is 1.60. The van der Waals surface area contributed by atoms with Crippen LogP contribution in [0.25, 0.3) is 0 Å². The van der Waals surface area contributed by atoms with Gasteiger partial charge in [-0.25, -0.2) is 0 Å². The van der Waals surface area contributed by atoms with E-state index >= 15 is 0 Å². The Morgan fingerprint density at radius 3 is 2.96 bits per heavy atom. The number of rotatable bonds is 4. The molecule has 2 aromatic rings. The van der Waals surface area contributed by atoms with Gasteiger partial charge in [0.25, 0.3) is 0 Å². The van der Waals surface area contributed by atoms with Crippen LogP contribution in [-0.2, 0) is 16.6 Å². The van der Waals surface area contributed by atoms with Crippen molar-refractivity contribution in [1.29, 1.82) is 0 Å². The SMILES string of the molecule is CC(C)(C)c1noc(CCC(=O)N2CCC[C@H]2c2ccsc2)n1. The quantitative estimate of drug-likeness (QED) is 0.855. The molecule has 0 saturated carbocycles. The number of amides is 1. The number of aryl methyl sites for hydroxylation is 1. The normalized spacial score (nSPS) is 18.6. The highest BCUT2D eigenvalue weighted by Gasteiger charge is 2.30. The van der Waals surface area contributed by atoms with E-state index in [1.807, 2.05) is 25.7 Å². The monoisotopic (exact) mass is 333 g/mol. The summed E-state index contributed by atoms with van der Waals surface area (Å²) < 4.78 is 5.27. The van der Waals surface area contributed by atoms with Gasteiger partial charge in [0.1, 0.15) is 0 Å². The number of carbonyl (C=O) groups is 1. The standard InChI is InChI=1S/C17H23N3O2S/c1-17(2,3)16-18-14(22-19-16)6-7-15(21)20-9-4-5-13(20)12-8-10-23-11-12/h8,10-11,13H,4-7,9H2,1-3H3/t13-/m0/s1. The van der Waals surface area contributed by atoms with Gasteiger partial charge in [-0.15, -0.1) is 0 Å². The molecule has 1 amide bonds. The molecule has 0 spiro atoms. The molecule has 1 aliphatic heterocycles. The lowest BCUT2D eigenvalue weighted by Gasteiger charge is -2.24. The van der Waals surface area contributed by atoms with Crippen molar-refractivity contribution in [2.24, 2.45) is 0 Å². The predicted octanol–water partition coefficient (Wildman–Crippen LogP) is 3.72. The molecule has 0 aliphatic carbocycles. The van der Waals surface area contributed by atoms with Gasteiger partial charge in [0.2, 0.25) is 11.8 Å². The van der Waals surface area contributed by atoms with Crippen molar-refractivity contribution in [1.82, 2.24) is 15.0 Å². The van der Waals surface area contributed by atoms with Crippen LogP contribution in [0, 0.1) is 0 Å². The van der Waals surface area contributed by atoms with E-state index in [9.17, 15) is 4.79 Å². The number of nitrogens with zero attached hydrogens (tertiary/aromatic N) is 3. The maximum absolute atomic E-state index is 12.6. The maximum Gasteiger partial charge on any atom is 0.227 e. The fourth-order valence-electron chi connectivity index (χ4n) is 2.89. The molecule has 1 aliphatic rings. The number of likely N-dealkylation sites (tertiary alicyclic amines) is 1. The summed E-state index contributed by atoms with van der Waals surface area (Å²) in [5, 5.41) is 8.22. The first-order chi connectivity index (χ1) is 10.9. The number of thiophene rings is 1. The Hall–Kier alpha value is -1.69. The minimum Gasteiger partial charge on any atom is -0.339 e. The van der Waals surface area contributed by atoms with Crippen molar-refractivity contribution in [3.63, 3.8) is 0 Å². The van der Waals surface area contributed by atoms with Gasteiger partial charge in [-0.3, -0.25) is 4.79 Å². The Morgan fingerprint density at radius 2 is 2.30 bits per heavy atom. The van der Waals surface area contributed by atoms with Crippen LogP contribution in [0.4, 0.5) is 0 Å². The second-order valence-electron chi connectivity index (χ2n) is 7.06. The average Bonchev–Trinajstić information content (AvgIpc) is 3.22. The van der Waals surface area contributed by atoms with Gasteiger partial charge in [-0.1, -0.05) is 25.9 Å². The summed E-state index contributed by atoms with van der Waals surface area (Å²) in [5.41, 5.74) is 1.12. The molecule has 0 N–H and O–H groups in total. The fraction of sp³-hybridized carbons (Fsp3) is 0.588. The lowest BCUT2D eigenvalue weighted by atomic mass is 9.96.